The topological polar surface area (TPSA) is 34.1 Å². The van der Waals surface area contributed by atoms with Crippen molar-refractivity contribution in [3.63, 3.8) is 0 Å². The second-order valence-electron chi connectivity index (χ2n) is 2.87. The summed E-state index contributed by atoms with van der Waals surface area (Å²) in [5, 5.41) is 0. The fourth-order valence-corrected chi connectivity index (χ4v) is 1.67. The van der Waals surface area contributed by atoms with Crippen LogP contribution in [0.5, 0.6) is 0 Å². The van der Waals surface area contributed by atoms with Crippen LogP contribution >= 0.6 is 7.80 Å². The number of rotatable bonds is 6. The normalized spacial score (nSPS) is 12.9. The summed E-state index contributed by atoms with van der Waals surface area (Å²) in [7, 11) is -1.57. The molecular weight excluding hydrogens is 159 g/mol. The van der Waals surface area contributed by atoms with Crippen LogP contribution in [0.4, 0.5) is 0 Å². The molecule has 0 rings (SSSR count). The number of unbranched alkanes of at least 4 members (excludes halogenated alkanes) is 2. The first-order valence-corrected chi connectivity index (χ1v) is 6.29. The molecule has 0 aromatic heterocycles. The van der Waals surface area contributed by atoms with Crippen molar-refractivity contribution < 1.29 is 9.36 Å². The first kappa shape index (κ1) is 10.9. The minimum Gasteiger partial charge on any atom is -0.327 e. The first-order valence-electron chi connectivity index (χ1n) is 4.18. The number of Topliss-reactive ketones (excluding diaryl/α,β-unsaturated/α-hetero) is 1. The average Bonchev–Trinajstić information content (AvgIpc) is 1.86. The highest BCUT2D eigenvalue weighted by molar-refractivity contribution is 7.44. The molecule has 0 spiro atoms. The number of hydrogen-bond acceptors (Lipinski definition) is 2. The largest absolute Gasteiger partial charge is 0.327 e. The second-order valence-corrected chi connectivity index (χ2v) is 4.63. The summed E-state index contributed by atoms with van der Waals surface area (Å²) in [6.07, 6.45) is 4.14. The van der Waals surface area contributed by atoms with E-state index in [2.05, 4.69) is 6.92 Å². The van der Waals surface area contributed by atoms with E-state index in [1.54, 1.807) is 6.66 Å². The summed E-state index contributed by atoms with van der Waals surface area (Å²) in [5.74, 6) is 0.171. The molecule has 0 aliphatic carbocycles. The highest BCUT2D eigenvalue weighted by atomic mass is 31.1. The van der Waals surface area contributed by atoms with Crippen LogP contribution in [0.1, 0.15) is 32.6 Å². The zero-order valence-electron chi connectivity index (χ0n) is 7.35. The summed E-state index contributed by atoms with van der Waals surface area (Å²) >= 11 is 0. The van der Waals surface area contributed by atoms with Crippen molar-refractivity contribution in [2.75, 3.05) is 12.8 Å². The molecule has 0 radical (unpaired) electrons. The smallest absolute Gasteiger partial charge is 0.139 e. The molecule has 0 amide bonds. The molecule has 0 saturated heterocycles. The Bertz CT molecular complexity index is 143. The molecule has 66 valence electrons. The Labute approximate surface area is 69.2 Å². The van der Waals surface area contributed by atoms with Crippen LogP contribution in [-0.2, 0) is 9.36 Å². The van der Waals surface area contributed by atoms with E-state index in [0.29, 0.717) is 12.6 Å². The molecule has 0 bridgehead atoms. The Kier molecular flexibility index (Phi) is 6.54. The molecular formula is C8H17O2P. The number of hydrogen-bond donors (Lipinski definition) is 0. The minimum absolute atomic E-state index is 0.171. The fraction of sp³-hybridized carbons (Fsp3) is 0.875. The zero-order valence-corrected chi connectivity index (χ0v) is 8.35. The van der Waals surface area contributed by atoms with E-state index >= 15 is 0 Å². The molecule has 0 N–H and O–H groups in total. The van der Waals surface area contributed by atoms with Crippen LogP contribution in [0.25, 0.3) is 0 Å². The van der Waals surface area contributed by atoms with Gasteiger partial charge in [0.05, 0.1) is 14.0 Å². The number of carbonyl (C=O) groups excluding carboxylic acids is 1. The van der Waals surface area contributed by atoms with Gasteiger partial charge in [0, 0.05) is 6.42 Å². The molecule has 1 atom stereocenters. The molecule has 0 heterocycles. The van der Waals surface area contributed by atoms with Crippen molar-refractivity contribution >= 4 is 13.6 Å². The molecule has 3 heteroatoms. The molecule has 11 heavy (non-hydrogen) atoms. The van der Waals surface area contributed by atoms with E-state index < -0.39 is 7.80 Å². The molecule has 0 aliphatic heterocycles. The van der Waals surface area contributed by atoms with Crippen LogP contribution in [0, 0.1) is 0 Å². The van der Waals surface area contributed by atoms with Gasteiger partial charge in [-0.1, -0.05) is 19.8 Å². The van der Waals surface area contributed by atoms with Crippen LogP contribution in [-0.4, -0.2) is 18.6 Å². The monoisotopic (exact) mass is 176 g/mol. The highest BCUT2D eigenvalue weighted by Crippen LogP contribution is 2.14. The van der Waals surface area contributed by atoms with Gasteiger partial charge >= 0.3 is 0 Å². The van der Waals surface area contributed by atoms with Crippen molar-refractivity contribution in [2.45, 2.75) is 32.6 Å². The van der Waals surface area contributed by atoms with Crippen molar-refractivity contribution in [3.8, 4) is 0 Å². The van der Waals surface area contributed by atoms with Crippen molar-refractivity contribution in [1.82, 2.24) is 0 Å². The van der Waals surface area contributed by atoms with E-state index in [1.807, 2.05) is 0 Å². The van der Waals surface area contributed by atoms with E-state index in [4.69, 9.17) is 0 Å². The van der Waals surface area contributed by atoms with Crippen molar-refractivity contribution in [1.29, 1.82) is 0 Å². The molecule has 0 fully saturated rings. The third-order valence-electron chi connectivity index (χ3n) is 1.51. The summed E-state index contributed by atoms with van der Waals surface area (Å²) in [5.41, 5.74) is 0. The summed E-state index contributed by atoms with van der Waals surface area (Å²) in [6.45, 7) is 3.75. The van der Waals surface area contributed by atoms with Crippen LogP contribution in [0.2, 0.25) is 0 Å². The van der Waals surface area contributed by atoms with Gasteiger partial charge in [-0.2, -0.15) is 0 Å². The van der Waals surface area contributed by atoms with E-state index in [1.165, 1.54) is 0 Å². The van der Waals surface area contributed by atoms with Crippen molar-refractivity contribution in [3.05, 3.63) is 0 Å². The van der Waals surface area contributed by atoms with Gasteiger partial charge in [-0.15, -0.1) is 0 Å². The number of carbonyl (C=O) groups is 1. The number of ketones is 1. The summed E-state index contributed by atoms with van der Waals surface area (Å²) < 4.78 is 10.7. The Morgan fingerprint density at radius 1 is 1.36 bits per heavy atom. The molecule has 0 aliphatic rings. The summed E-state index contributed by atoms with van der Waals surface area (Å²) in [6, 6.07) is 0. The van der Waals surface area contributed by atoms with Crippen LogP contribution in [0.3, 0.4) is 0 Å². The van der Waals surface area contributed by atoms with Gasteiger partial charge in [-0.25, -0.2) is 0 Å². The average molecular weight is 176 g/mol. The maximum absolute atomic E-state index is 11.0. The van der Waals surface area contributed by atoms with E-state index in [9.17, 15) is 9.36 Å². The Hall–Kier alpha value is -0.100. The predicted molar refractivity (Wildman–Crippen MR) is 48.9 cm³/mol. The molecule has 0 aromatic rings. The predicted octanol–water partition coefficient (Wildman–Crippen LogP) is 2.33. The van der Waals surface area contributed by atoms with Gasteiger partial charge in [-0.05, 0) is 13.1 Å². The maximum Gasteiger partial charge on any atom is 0.139 e. The second kappa shape index (κ2) is 6.60. The maximum atomic E-state index is 11.0. The quantitative estimate of drug-likeness (QED) is 0.459. The molecule has 0 aromatic carbocycles. The lowest BCUT2D eigenvalue weighted by molar-refractivity contribution is -0.116. The molecule has 0 saturated carbocycles. The van der Waals surface area contributed by atoms with Gasteiger partial charge in [0.15, 0.2) is 0 Å². The lowest BCUT2D eigenvalue weighted by Crippen LogP contribution is -2.00. The Balaban J connectivity index is 3.30. The lowest BCUT2D eigenvalue weighted by Gasteiger charge is -1.96. The van der Waals surface area contributed by atoms with Gasteiger partial charge in [0.25, 0.3) is 0 Å². The van der Waals surface area contributed by atoms with Crippen molar-refractivity contribution in [2.24, 2.45) is 0 Å². The van der Waals surface area contributed by atoms with E-state index in [-0.39, 0.29) is 5.78 Å². The summed E-state index contributed by atoms with van der Waals surface area (Å²) in [4.78, 5) is 11.0. The van der Waals surface area contributed by atoms with Gasteiger partial charge in [0.2, 0.25) is 0 Å². The van der Waals surface area contributed by atoms with Gasteiger partial charge in [-0.3, -0.25) is 4.79 Å². The SMILES string of the molecule is CCCCCC(=O)C[PH](C)=O. The zero-order chi connectivity index (χ0) is 8.69. The van der Waals surface area contributed by atoms with Crippen LogP contribution in [0.15, 0.2) is 0 Å². The van der Waals surface area contributed by atoms with Crippen LogP contribution < -0.4 is 0 Å². The Morgan fingerprint density at radius 2 is 2.00 bits per heavy atom. The standard InChI is InChI=1S/C8H17O2P/c1-3-4-5-6-8(9)7-11(2)10/h11H,3-7H2,1-2H3. The highest BCUT2D eigenvalue weighted by Gasteiger charge is 2.02. The first-order chi connectivity index (χ1) is 5.16. The van der Waals surface area contributed by atoms with Gasteiger partial charge in [0.1, 0.15) is 5.78 Å². The van der Waals surface area contributed by atoms with E-state index in [0.717, 1.165) is 19.3 Å². The molecule has 1 unspecified atom stereocenters. The third-order valence-corrected chi connectivity index (χ3v) is 2.40. The minimum atomic E-state index is -1.57. The Morgan fingerprint density at radius 3 is 2.45 bits per heavy atom. The lowest BCUT2D eigenvalue weighted by atomic mass is 10.2. The molecule has 2 nitrogen and oxygen atoms in total. The third kappa shape index (κ3) is 7.80. The fourth-order valence-electron chi connectivity index (χ4n) is 0.938. The van der Waals surface area contributed by atoms with Gasteiger partial charge < -0.3 is 4.57 Å².